The van der Waals surface area contributed by atoms with Crippen molar-refractivity contribution in [3.8, 4) is 22.5 Å². The molecule has 0 bridgehead atoms. The van der Waals surface area contributed by atoms with Gasteiger partial charge < -0.3 is 39.7 Å². The number of aromatic nitrogens is 6. The molecule has 10 aromatic rings. The van der Waals surface area contributed by atoms with Crippen molar-refractivity contribution >= 4 is 69.4 Å². The zero-order chi connectivity index (χ0) is 58.9. The van der Waals surface area contributed by atoms with Crippen LogP contribution >= 0.6 is 0 Å². The fourth-order valence-electron chi connectivity index (χ4n) is 10.2. The maximum Gasteiger partial charge on any atom is 0.304 e. The van der Waals surface area contributed by atoms with Crippen LogP contribution in [0.2, 0.25) is 0 Å². The molecule has 0 radical (unpaired) electrons. The van der Waals surface area contributed by atoms with Gasteiger partial charge in [-0.1, -0.05) is 99.6 Å². The van der Waals surface area contributed by atoms with E-state index < -0.39 is 17.4 Å². The van der Waals surface area contributed by atoms with Crippen LogP contribution < -0.4 is 20.9 Å². The van der Waals surface area contributed by atoms with Crippen molar-refractivity contribution in [1.82, 2.24) is 33.6 Å². The molecule has 10 rings (SSSR count). The summed E-state index contributed by atoms with van der Waals surface area (Å²) in [5, 5.41) is 20.6. The first-order chi connectivity index (χ1) is 39.6. The van der Waals surface area contributed by atoms with Crippen LogP contribution in [0.25, 0.3) is 33.8 Å². The van der Waals surface area contributed by atoms with Gasteiger partial charge in [0.25, 0.3) is 11.8 Å². The molecule has 16 nitrogen and oxygen atoms in total. The summed E-state index contributed by atoms with van der Waals surface area (Å²) in [6.07, 6.45) is 10.8. The van der Waals surface area contributed by atoms with E-state index in [9.17, 15) is 19.5 Å². The van der Waals surface area contributed by atoms with Crippen LogP contribution in [0.4, 0.5) is 34.4 Å². The highest BCUT2D eigenvalue weighted by molar-refractivity contribution is 6.09. The fourth-order valence-corrected chi connectivity index (χ4v) is 10.2. The van der Waals surface area contributed by atoms with E-state index in [0.29, 0.717) is 73.6 Å². The van der Waals surface area contributed by atoms with Crippen molar-refractivity contribution in [1.29, 1.82) is 0 Å². The molecule has 0 aliphatic rings. The largest absolute Gasteiger partial charge is 0.481 e. The van der Waals surface area contributed by atoms with Crippen molar-refractivity contribution in [2.75, 3.05) is 34.9 Å². The summed E-state index contributed by atoms with van der Waals surface area (Å²) in [7, 11) is 3.47. The Morgan fingerprint density at radius 2 is 1.24 bits per heavy atom. The average Bonchev–Trinajstić information content (AvgIpc) is 4.34. The second-order valence-corrected chi connectivity index (χ2v) is 23.2. The highest BCUT2D eigenvalue weighted by atomic mass is 16.4. The van der Waals surface area contributed by atoms with Crippen LogP contribution in [0.5, 0.6) is 0 Å². The second-order valence-electron chi connectivity index (χ2n) is 23.2. The first-order valence-corrected chi connectivity index (χ1v) is 27.5. The molecule has 6 aromatic carbocycles. The predicted octanol–water partition coefficient (Wildman–Crippen LogP) is 13.4. The molecule has 0 fully saturated rings. The third kappa shape index (κ3) is 12.4. The standard InChI is InChI=1S/C67H67N11O5/c1-41-21-23-46(36-54(41)74-64(82)44-25-27-48(28-26-44)66(3,4)5)55-39-76-31-29-69-63(76)61(72-55)71-50-18-14-16-45(35-50)53(38-59(80)81)51-19-11-12-20-52(51)65(83)78(67(6,7)8)57-37-47(24-22-42(57)2)56-40-77-32-30-68-62(77)60(73-56)70-49-17-13-15-43(33-49)34-58(79)75(9)10/h11-33,35-37,39-40,53H,34,38H2,1-10H3,(H,70,73)(H,71,72)(H,74,82)(H,80,81). The number of carbonyl (C=O) groups is 4. The van der Waals surface area contributed by atoms with Crippen LogP contribution in [0.15, 0.2) is 171 Å². The number of imidazole rings is 2. The lowest BCUT2D eigenvalue weighted by Gasteiger charge is -2.38. The normalized spacial score (nSPS) is 12.0. The number of fused-ring (bicyclic) bond motifs is 2. The zero-order valence-electron chi connectivity index (χ0n) is 48.3. The molecule has 420 valence electrons. The van der Waals surface area contributed by atoms with Crippen LogP contribution in [-0.2, 0) is 21.4 Å². The van der Waals surface area contributed by atoms with Gasteiger partial charge in [-0.25, -0.2) is 19.9 Å². The first-order valence-electron chi connectivity index (χ1n) is 27.5. The number of aliphatic carboxylic acids is 1. The molecule has 0 saturated heterocycles. The lowest BCUT2D eigenvalue weighted by molar-refractivity contribution is -0.137. The van der Waals surface area contributed by atoms with Gasteiger partial charge in [0, 0.05) is 108 Å². The van der Waals surface area contributed by atoms with Crippen molar-refractivity contribution < 1.29 is 24.3 Å². The van der Waals surface area contributed by atoms with Crippen LogP contribution in [-0.4, -0.2) is 82.1 Å². The average molecular weight is 1110 g/mol. The third-order valence-corrected chi connectivity index (χ3v) is 14.7. The molecule has 1 unspecified atom stereocenters. The number of likely N-dealkylation sites (N-methyl/N-ethyl adjacent to an activating group) is 1. The second kappa shape index (κ2) is 22.9. The quantitative estimate of drug-likeness (QED) is 0.0720. The maximum atomic E-state index is 15.6. The SMILES string of the molecule is Cc1ccc(-c2cn3ccnc3c(Nc3cccc(C(CC(=O)O)c4ccccc4C(=O)N(c4cc(-c5cn6ccnc6c(Nc6cccc(CC(=O)N(C)C)c6)n5)ccc4C)C(C)(C)C)c3)n2)cc1NC(=O)c1ccc(C(C)(C)C)cc1. The first kappa shape index (κ1) is 56.3. The number of nitrogens with zero attached hydrogens (tertiary/aromatic N) is 8. The lowest BCUT2D eigenvalue weighted by Crippen LogP contribution is -2.46. The molecular weight excluding hydrogens is 1040 g/mol. The molecule has 0 spiro atoms. The Hall–Kier alpha value is -9.96. The van der Waals surface area contributed by atoms with Gasteiger partial charge in [-0.05, 0) is 128 Å². The van der Waals surface area contributed by atoms with Crippen LogP contribution in [0.1, 0.15) is 108 Å². The summed E-state index contributed by atoms with van der Waals surface area (Å²) < 4.78 is 3.77. The van der Waals surface area contributed by atoms with Gasteiger partial charge in [0.15, 0.2) is 22.9 Å². The summed E-state index contributed by atoms with van der Waals surface area (Å²) in [5.74, 6) is -1.36. The number of amides is 3. The Labute approximate surface area is 482 Å². The monoisotopic (exact) mass is 1110 g/mol. The van der Waals surface area contributed by atoms with E-state index in [-0.39, 0.29) is 36.0 Å². The van der Waals surface area contributed by atoms with Gasteiger partial charge in [-0.3, -0.25) is 19.2 Å². The van der Waals surface area contributed by atoms with E-state index in [1.54, 1.807) is 48.4 Å². The van der Waals surface area contributed by atoms with E-state index in [4.69, 9.17) is 9.97 Å². The summed E-state index contributed by atoms with van der Waals surface area (Å²) in [4.78, 5) is 77.4. The number of nitrogens with one attached hydrogen (secondary N) is 3. The minimum Gasteiger partial charge on any atom is -0.481 e. The van der Waals surface area contributed by atoms with E-state index in [1.165, 1.54) is 0 Å². The molecule has 4 aromatic heterocycles. The predicted molar refractivity (Wildman–Crippen MR) is 328 cm³/mol. The molecule has 3 amide bonds. The number of benzene rings is 6. The molecule has 0 aliphatic carbocycles. The van der Waals surface area contributed by atoms with Crippen LogP contribution in [0, 0.1) is 13.8 Å². The summed E-state index contributed by atoms with van der Waals surface area (Å²) in [6, 6.07) is 41.8. The molecule has 1 atom stereocenters. The fraction of sp³-hybridized carbons (Fsp3) is 0.224. The number of hydrogen-bond acceptors (Lipinski definition) is 10. The van der Waals surface area contributed by atoms with Gasteiger partial charge in [0.05, 0.1) is 24.2 Å². The number of carboxylic acids is 1. The molecular formula is C67H67N11O5. The number of carbonyl (C=O) groups excluding carboxylic acids is 3. The third-order valence-electron chi connectivity index (χ3n) is 14.7. The number of rotatable bonds is 16. The highest BCUT2D eigenvalue weighted by Crippen LogP contribution is 2.39. The van der Waals surface area contributed by atoms with Crippen molar-refractivity contribution in [2.24, 2.45) is 0 Å². The number of anilines is 6. The van der Waals surface area contributed by atoms with Gasteiger partial charge >= 0.3 is 5.97 Å². The van der Waals surface area contributed by atoms with E-state index in [1.807, 2.05) is 190 Å². The Bertz CT molecular complexity index is 4110. The Morgan fingerprint density at radius 3 is 1.84 bits per heavy atom. The van der Waals surface area contributed by atoms with Crippen LogP contribution in [0.3, 0.4) is 0 Å². The molecule has 83 heavy (non-hydrogen) atoms. The molecule has 4 N–H and O–H groups in total. The topological polar surface area (TPSA) is 191 Å². The highest BCUT2D eigenvalue weighted by Gasteiger charge is 2.34. The van der Waals surface area contributed by atoms with Gasteiger partial charge in [-0.15, -0.1) is 0 Å². The molecule has 0 saturated carbocycles. The molecule has 16 heteroatoms. The van der Waals surface area contributed by atoms with Gasteiger partial charge in [0.2, 0.25) is 5.91 Å². The van der Waals surface area contributed by atoms with E-state index in [2.05, 4.69) is 46.7 Å². The summed E-state index contributed by atoms with van der Waals surface area (Å²) in [6.45, 7) is 16.3. The summed E-state index contributed by atoms with van der Waals surface area (Å²) >= 11 is 0. The smallest absolute Gasteiger partial charge is 0.304 e. The van der Waals surface area contributed by atoms with Crippen molar-refractivity contribution in [3.63, 3.8) is 0 Å². The Balaban J connectivity index is 0.948. The summed E-state index contributed by atoms with van der Waals surface area (Å²) in [5.41, 5.74) is 11.6. The van der Waals surface area contributed by atoms with Gasteiger partial charge in [-0.2, -0.15) is 0 Å². The zero-order valence-corrected chi connectivity index (χ0v) is 48.3. The Morgan fingerprint density at radius 1 is 0.651 bits per heavy atom. The van der Waals surface area contributed by atoms with Crippen molar-refractivity contribution in [3.05, 3.63) is 215 Å². The number of aryl methyl sites for hydroxylation is 2. The molecule has 0 aliphatic heterocycles. The van der Waals surface area contributed by atoms with E-state index in [0.717, 1.165) is 39.1 Å². The van der Waals surface area contributed by atoms with Gasteiger partial charge in [0.1, 0.15) is 0 Å². The van der Waals surface area contributed by atoms with E-state index >= 15 is 4.79 Å². The lowest BCUT2D eigenvalue weighted by atomic mass is 9.84. The number of carboxylic acid groups (broad SMARTS) is 1. The minimum absolute atomic E-state index is 0.00885. The Kier molecular flexibility index (Phi) is 15.5. The van der Waals surface area contributed by atoms with Crippen molar-refractivity contribution in [2.45, 2.75) is 85.1 Å². The minimum atomic E-state index is -1.03. The molecule has 4 heterocycles. The number of hydrogen-bond donors (Lipinski definition) is 4. The maximum absolute atomic E-state index is 15.6.